The number of aromatic nitrogens is 2. The highest BCUT2D eigenvalue weighted by Gasteiger charge is 2.10. The minimum absolute atomic E-state index is 0.140. The Morgan fingerprint density at radius 1 is 0.451 bits per heavy atom. The minimum Gasteiger partial charge on any atom is -0.491 e. The largest absolute Gasteiger partial charge is 0.491 e. The fourth-order valence-corrected chi connectivity index (χ4v) is 7.98. The lowest BCUT2D eigenvalue weighted by atomic mass is 10.1. The normalized spacial score (nSPS) is 9.73. The van der Waals surface area contributed by atoms with Crippen molar-refractivity contribution in [3.63, 3.8) is 0 Å². The molecule has 0 fully saturated rings. The average molecular weight is 1410 g/mol. The number of anilines is 1. The van der Waals surface area contributed by atoms with E-state index in [9.17, 15) is 28.8 Å². The molecule has 17 heteroatoms. The predicted octanol–water partition coefficient (Wildman–Crippen LogP) is 21.0. The first kappa shape index (κ1) is 91.6. The van der Waals surface area contributed by atoms with E-state index in [1.807, 2.05) is 130 Å². The van der Waals surface area contributed by atoms with Gasteiger partial charge in [0.2, 0.25) is 5.01 Å². The number of para-hydroxylation sites is 2. The second-order valence-corrected chi connectivity index (χ2v) is 23.5. The number of nitrogens with one attached hydrogen (secondary N) is 2. The maximum Gasteiger partial charge on any atom is 0.367 e. The highest BCUT2D eigenvalue weighted by atomic mass is 32.1. The van der Waals surface area contributed by atoms with Crippen LogP contribution in [0.5, 0.6) is 5.75 Å². The zero-order valence-corrected chi connectivity index (χ0v) is 62.0. The lowest BCUT2D eigenvalue weighted by Gasteiger charge is -2.11. The Morgan fingerprint density at radius 2 is 0.931 bits per heavy atom. The molecule has 2 aromatic heterocycles. The number of H-pyrrole nitrogens is 1. The summed E-state index contributed by atoms with van der Waals surface area (Å²) in [7, 11) is 0. The van der Waals surface area contributed by atoms with Gasteiger partial charge < -0.3 is 43.5 Å². The number of aromatic amines is 1. The number of carbonyl (C=O) groups is 6. The van der Waals surface area contributed by atoms with Crippen molar-refractivity contribution in [3.05, 3.63) is 296 Å². The summed E-state index contributed by atoms with van der Waals surface area (Å²) in [5, 5.41) is 5.48. The number of thiazole rings is 1. The summed E-state index contributed by atoms with van der Waals surface area (Å²) in [5.41, 5.74) is 8.17. The van der Waals surface area contributed by atoms with Crippen LogP contribution in [0.2, 0.25) is 0 Å². The van der Waals surface area contributed by atoms with Crippen LogP contribution < -0.4 is 10.1 Å². The molecule has 550 valence electrons. The molecule has 6 rings (SSSR count). The zero-order chi connectivity index (χ0) is 75.5. The van der Waals surface area contributed by atoms with Crippen molar-refractivity contribution in [3.8, 4) is 5.75 Å². The van der Waals surface area contributed by atoms with Crippen LogP contribution in [0.15, 0.2) is 268 Å². The van der Waals surface area contributed by atoms with Crippen LogP contribution in [0.3, 0.4) is 0 Å². The molecular weight excluding hydrogens is 1300 g/mol. The molecule has 0 radical (unpaired) electrons. The molecule has 0 aliphatic rings. The number of ether oxygens (including phenoxy) is 7. The molecule has 6 aromatic rings. The lowest BCUT2D eigenvalue weighted by Crippen LogP contribution is -2.06. The van der Waals surface area contributed by atoms with Crippen molar-refractivity contribution >= 4 is 52.8 Å². The molecule has 0 saturated heterocycles. The fourth-order valence-electron chi connectivity index (χ4n) is 7.45. The Balaban J connectivity index is 0.00000117. The van der Waals surface area contributed by atoms with Crippen molar-refractivity contribution < 1.29 is 61.9 Å². The Hall–Kier alpha value is -10.4. The minimum atomic E-state index is -0.334. The van der Waals surface area contributed by atoms with Crippen molar-refractivity contribution in [2.75, 3.05) is 58.1 Å². The fraction of sp³-hybridized carbons (Fsp3) is 0.329. The second kappa shape index (κ2) is 64.0. The molecule has 0 amide bonds. The number of hydrogen-bond donors (Lipinski definition) is 2. The topological polar surface area (TPSA) is 208 Å². The van der Waals surface area contributed by atoms with Gasteiger partial charge in [-0.15, -0.1) is 57.4 Å². The molecule has 0 aliphatic heterocycles. The molecule has 0 unspecified atom stereocenters. The van der Waals surface area contributed by atoms with Crippen LogP contribution in [0.1, 0.15) is 183 Å². The standard InChI is InChI=1S/C17H22O2.C14H19NO.C13H16O2.C12H14O2.C10H13NO2.C10H16O2.C9H11NO2S/c1-14(2)8-7-9-15(3)12-13-19-17(18)16-10-5-4-6-11-16;1-3-5-11-15-13-9-7-8-10-14(13)16-12-6-4-2;1-11(2)7-6-10-15-13(14)12-8-4-3-5-9-12;1-10(2)8-9-14-12(13)11-6-4-3-5-7-11;1-2-3-4-8-13-10(12)9-6-5-7-11-9;1-3-5-7-9-12-10(11)8-6-4-2;1-2-3-4-6-12-9(11)8-10-5-7-13-8/h4-6,8,10-12H,7,9,13H2,1-3H3;3-4,7-10,15H,1-2,5-6,11-12H2;3-5,7-9H,6,10H2,1-2H3;3-7H,1,8-9H2,2H3;2,5-7,11H,1,3-4,8H2;3-4H,1-2,5-9H2;2,5,7H,1,3-4,6H2/b15-12+;;;;;;. The third-order valence-corrected chi connectivity index (χ3v) is 13.7. The van der Waals surface area contributed by atoms with Crippen LogP contribution >= 0.6 is 11.3 Å². The van der Waals surface area contributed by atoms with Crippen molar-refractivity contribution in [1.82, 2.24) is 9.97 Å². The van der Waals surface area contributed by atoms with Crippen LogP contribution in [0.25, 0.3) is 0 Å². The first-order valence-electron chi connectivity index (χ1n) is 34.2. The molecule has 2 N–H and O–H groups in total. The molecule has 0 spiro atoms. The molecule has 16 nitrogen and oxygen atoms in total. The Bertz CT molecular complexity index is 3270. The van der Waals surface area contributed by atoms with Crippen molar-refractivity contribution in [2.24, 2.45) is 0 Å². The number of allylic oxidation sites excluding steroid dienone is 8. The number of esters is 6. The number of hydrogen-bond acceptors (Lipinski definition) is 16. The van der Waals surface area contributed by atoms with Crippen LogP contribution in [0.4, 0.5) is 5.69 Å². The van der Waals surface area contributed by atoms with Crippen LogP contribution in [-0.2, 0) is 33.2 Å². The van der Waals surface area contributed by atoms with Crippen LogP contribution in [-0.4, -0.2) is 98.6 Å². The quantitative estimate of drug-likeness (QED) is 0.0159. The van der Waals surface area contributed by atoms with Gasteiger partial charge in [0.05, 0.1) is 62.0 Å². The summed E-state index contributed by atoms with van der Waals surface area (Å²) in [6.45, 7) is 41.7. The average Bonchev–Trinajstić information content (AvgIpc) is 1.47. The first-order chi connectivity index (χ1) is 49.4. The van der Waals surface area contributed by atoms with Crippen LogP contribution in [0, 0.1) is 0 Å². The van der Waals surface area contributed by atoms with Gasteiger partial charge >= 0.3 is 35.8 Å². The summed E-state index contributed by atoms with van der Waals surface area (Å²) >= 11 is 1.29. The SMILES string of the molecule is C=C(C)CCOC(=O)c1ccccc1.C=CCCCOC(=O)CCC=C.C=CCCCOC(=O)c1ccc[nH]1.C=CCCCOC(=O)c1nccs1.C=CCCNc1ccccc1OCCC=C.CC(C)=CCC/C(C)=C/COC(=O)c1ccccc1.CC(C)=CCCOC(=O)c1ccccc1. The van der Waals surface area contributed by atoms with E-state index in [1.165, 1.54) is 28.1 Å². The molecule has 0 bridgehead atoms. The van der Waals surface area contributed by atoms with Gasteiger partial charge in [-0.25, -0.2) is 29.0 Å². The molecule has 4 aromatic carbocycles. The molecule has 0 atom stereocenters. The van der Waals surface area contributed by atoms with Crippen molar-refractivity contribution in [1.29, 1.82) is 0 Å². The first-order valence-corrected chi connectivity index (χ1v) is 35.1. The predicted molar refractivity (Wildman–Crippen MR) is 418 cm³/mol. The smallest absolute Gasteiger partial charge is 0.367 e. The van der Waals surface area contributed by atoms with Gasteiger partial charge in [0, 0.05) is 37.2 Å². The van der Waals surface area contributed by atoms with E-state index in [0.29, 0.717) is 86.5 Å². The Labute approximate surface area is 612 Å². The second-order valence-electron chi connectivity index (χ2n) is 22.6. The van der Waals surface area contributed by atoms with E-state index >= 15 is 0 Å². The number of unbranched alkanes of at least 4 members (excludes halogenated alkanes) is 3. The van der Waals surface area contributed by atoms with Gasteiger partial charge in [-0.05, 0) is 185 Å². The van der Waals surface area contributed by atoms with E-state index in [-0.39, 0.29) is 35.8 Å². The van der Waals surface area contributed by atoms with Gasteiger partial charge in [-0.2, -0.15) is 0 Å². The highest BCUT2D eigenvalue weighted by molar-refractivity contribution is 7.11. The number of carbonyl (C=O) groups excluding carboxylic acids is 6. The van der Waals surface area contributed by atoms with E-state index in [0.717, 1.165) is 101 Å². The summed E-state index contributed by atoms with van der Waals surface area (Å²) in [5.74, 6) is -0.668. The summed E-state index contributed by atoms with van der Waals surface area (Å²) < 4.78 is 35.8. The summed E-state index contributed by atoms with van der Waals surface area (Å²) in [4.78, 5) is 74.3. The zero-order valence-electron chi connectivity index (χ0n) is 61.2. The third-order valence-electron chi connectivity index (χ3n) is 12.9. The molecule has 0 aliphatic carbocycles. The monoisotopic (exact) mass is 1410 g/mol. The molecule has 2 heterocycles. The van der Waals surface area contributed by atoms with Gasteiger partial charge in [-0.1, -0.05) is 138 Å². The summed E-state index contributed by atoms with van der Waals surface area (Å²) in [6.07, 6.45) is 32.1. The lowest BCUT2D eigenvalue weighted by molar-refractivity contribution is -0.143. The molecule has 102 heavy (non-hydrogen) atoms. The summed E-state index contributed by atoms with van der Waals surface area (Å²) in [6, 6.07) is 38.5. The maximum absolute atomic E-state index is 11.7. The van der Waals surface area contributed by atoms with E-state index in [4.69, 9.17) is 33.2 Å². The van der Waals surface area contributed by atoms with Gasteiger partial charge in [0.25, 0.3) is 0 Å². The van der Waals surface area contributed by atoms with E-state index in [1.54, 1.807) is 78.5 Å². The third kappa shape index (κ3) is 52.6. The Kier molecular flexibility index (Phi) is 57.5. The van der Waals surface area contributed by atoms with Gasteiger partial charge in [0.15, 0.2) is 0 Å². The van der Waals surface area contributed by atoms with Gasteiger partial charge in [0.1, 0.15) is 18.1 Å². The molecule has 0 saturated carbocycles. The van der Waals surface area contributed by atoms with E-state index < -0.39 is 0 Å². The Morgan fingerprint density at radius 3 is 1.42 bits per heavy atom. The number of benzene rings is 4. The maximum atomic E-state index is 11.7. The van der Waals surface area contributed by atoms with Crippen molar-refractivity contribution in [2.45, 2.75) is 131 Å². The number of nitrogens with zero attached hydrogens (tertiary/aromatic N) is 1. The highest BCUT2D eigenvalue weighted by Crippen LogP contribution is 2.24. The van der Waals surface area contributed by atoms with Gasteiger partial charge in [-0.3, -0.25) is 4.79 Å². The molecular formula is C85H111N3O13S. The number of rotatable bonds is 39. The van der Waals surface area contributed by atoms with E-state index in [2.05, 4.69) is 94.3 Å².